The minimum Gasteiger partial charge on any atom is -0.398 e. The van der Waals surface area contributed by atoms with E-state index in [1.807, 2.05) is 24.3 Å². The van der Waals surface area contributed by atoms with Crippen LogP contribution >= 0.6 is 11.3 Å². The largest absolute Gasteiger partial charge is 0.398 e. The van der Waals surface area contributed by atoms with E-state index in [-0.39, 0.29) is 0 Å². The number of anilines is 1. The van der Waals surface area contributed by atoms with Crippen molar-refractivity contribution in [2.24, 2.45) is 0 Å². The number of hydrogen-bond donors (Lipinski definition) is 1. The second-order valence-electron chi connectivity index (χ2n) is 3.94. The summed E-state index contributed by atoms with van der Waals surface area (Å²) in [7, 11) is 0. The first-order valence-corrected chi connectivity index (χ1v) is 6.14. The number of aromatic nitrogens is 2. The standard InChI is InChI=1S/C13H11N3S/c1-8-4-5-10(14)9(7-8)12-16-11-3-2-6-15-13(11)17-12/h2-7H,14H2,1H3. The van der Waals surface area contributed by atoms with Gasteiger partial charge < -0.3 is 5.73 Å². The van der Waals surface area contributed by atoms with E-state index in [9.17, 15) is 0 Å². The summed E-state index contributed by atoms with van der Waals surface area (Å²) in [6.07, 6.45) is 1.78. The maximum Gasteiger partial charge on any atom is 0.143 e. The van der Waals surface area contributed by atoms with Gasteiger partial charge in [-0.25, -0.2) is 9.97 Å². The smallest absolute Gasteiger partial charge is 0.143 e. The molecular weight excluding hydrogens is 230 g/mol. The van der Waals surface area contributed by atoms with Crippen LogP contribution in [0, 0.1) is 6.92 Å². The monoisotopic (exact) mass is 241 g/mol. The number of benzene rings is 1. The molecule has 0 spiro atoms. The molecule has 0 saturated carbocycles. The number of nitrogens with two attached hydrogens (primary N) is 1. The molecule has 2 heterocycles. The van der Waals surface area contributed by atoms with Gasteiger partial charge in [-0.05, 0) is 31.2 Å². The van der Waals surface area contributed by atoms with Gasteiger partial charge in [-0.3, -0.25) is 0 Å². The van der Waals surface area contributed by atoms with Crippen molar-refractivity contribution in [2.75, 3.05) is 5.73 Å². The van der Waals surface area contributed by atoms with Crippen LogP contribution in [0.15, 0.2) is 36.5 Å². The molecule has 0 aliphatic carbocycles. The third kappa shape index (κ3) is 1.76. The molecule has 3 aromatic rings. The van der Waals surface area contributed by atoms with Crippen molar-refractivity contribution in [3.63, 3.8) is 0 Å². The first-order valence-electron chi connectivity index (χ1n) is 5.32. The highest BCUT2D eigenvalue weighted by molar-refractivity contribution is 7.21. The Kier molecular flexibility index (Phi) is 2.30. The third-order valence-corrected chi connectivity index (χ3v) is 3.62. The van der Waals surface area contributed by atoms with Gasteiger partial charge in [0.1, 0.15) is 15.4 Å². The Balaban J connectivity index is 2.23. The quantitative estimate of drug-likeness (QED) is 0.665. The van der Waals surface area contributed by atoms with Gasteiger partial charge >= 0.3 is 0 Å². The van der Waals surface area contributed by atoms with Crippen LogP contribution in [0.1, 0.15) is 5.56 Å². The molecule has 0 fully saturated rings. The molecule has 3 nitrogen and oxygen atoms in total. The molecule has 0 unspecified atom stereocenters. The zero-order chi connectivity index (χ0) is 11.8. The number of fused-ring (bicyclic) bond motifs is 1. The molecule has 0 radical (unpaired) electrons. The van der Waals surface area contributed by atoms with Crippen molar-refractivity contribution in [3.05, 3.63) is 42.1 Å². The highest BCUT2D eigenvalue weighted by atomic mass is 32.1. The van der Waals surface area contributed by atoms with Crippen LogP contribution in [0.3, 0.4) is 0 Å². The van der Waals surface area contributed by atoms with Crippen LogP contribution in [-0.2, 0) is 0 Å². The number of rotatable bonds is 1. The number of nitrogens with zero attached hydrogens (tertiary/aromatic N) is 2. The lowest BCUT2D eigenvalue weighted by atomic mass is 10.1. The highest BCUT2D eigenvalue weighted by Crippen LogP contribution is 2.32. The van der Waals surface area contributed by atoms with E-state index < -0.39 is 0 Å². The van der Waals surface area contributed by atoms with Gasteiger partial charge in [-0.15, -0.1) is 0 Å². The van der Waals surface area contributed by atoms with Gasteiger partial charge in [-0.2, -0.15) is 0 Å². The summed E-state index contributed by atoms with van der Waals surface area (Å²) in [5, 5.41) is 0.930. The van der Waals surface area contributed by atoms with Gasteiger partial charge in [-0.1, -0.05) is 23.0 Å². The minimum atomic E-state index is 0.759. The average Bonchev–Trinajstić information content (AvgIpc) is 2.75. The van der Waals surface area contributed by atoms with Crippen molar-refractivity contribution in [3.8, 4) is 10.6 Å². The van der Waals surface area contributed by atoms with Crippen molar-refractivity contribution >= 4 is 27.4 Å². The fourth-order valence-electron chi connectivity index (χ4n) is 1.74. The summed E-state index contributed by atoms with van der Waals surface area (Å²) in [5.74, 6) is 0. The summed E-state index contributed by atoms with van der Waals surface area (Å²) < 4.78 is 0. The topological polar surface area (TPSA) is 51.8 Å². The van der Waals surface area contributed by atoms with Crippen LogP contribution in [0.5, 0.6) is 0 Å². The molecule has 0 bridgehead atoms. The van der Waals surface area contributed by atoms with Gasteiger partial charge in [0.15, 0.2) is 0 Å². The molecule has 0 aliphatic rings. The molecule has 84 valence electrons. The molecule has 4 heteroatoms. The fraction of sp³-hybridized carbons (Fsp3) is 0.0769. The lowest BCUT2D eigenvalue weighted by Gasteiger charge is -2.02. The van der Waals surface area contributed by atoms with E-state index in [1.165, 1.54) is 5.56 Å². The van der Waals surface area contributed by atoms with Crippen molar-refractivity contribution in [2.45, 2.75) is 6.92 Å². The Morgan fingerprint density at radius 3 is 2.94 bits per heavy atom. The summed E-state index contributed by atoms with van der Waals surface area (Å²) in [6, 6.07) is 9.85. The zero-order valence-electron chi connectivity index (χ0n) is 9.34. The fourth-order valence-corrected chi connectivity index (χ4v) is 2.69. The van der Waals surface area contributed by atoms with Crippen LogP contribution in [-0.4, -0.2) is 9.97 Å². The second-order valence-corrected chi connectivity index (χ2v) is 4.91. The van der Waals surface area contributed by atoms with E-state index in [0.717, 1.165) is 26.6 Å². The molecule has 0 saturated heterocycles. The summed E-state index contributed by atoms with van der Waals surface area (Å²) >= 11 is 1.57. The normalized spacial score (nSPS) is 10.9. The Morgan fingerprint density at radius 2 is 2.12 bits per heavy atom. The summed E-state index contributed by atoms with van der Waals surface area (Å²) in [6.45, 7) is 2.05. The summed E-state index contributed by atoms with van der Waals surface area (Å²) in [4.78, 5) is 9.80. The van der Waals surface area contributed by atoms with Crippen molar-refractivity contribution in [1.82, 2.24) is 9.97 Å². The number of nitrogen functional groups attached to an aromatic ring is 1. The van der Waals surface area contributed by atoms with E-state index >= 15 is 0 Å². The molecule has 2 N–H and O–H groups in total. The second kappa shape index (κ2) is 3.82. The first kappa shape index (κ1) is 10.2. The van der Waals surface area contributed by atoms with Gasteiger partial charge in [0.25, 0.3) is 0 Å². The minimum absolute atomic E-state index is 0.759. The van der Waals surface area contributed by atoms with Gasteiger partial charge in [0.2, 0.25) is 0 Å². The Labute approximate surface area is 103 Å². The predicted octanol–water partition coefficient (Wildman–Crippen LogP) is 3.25. The Morgan fingerprint density at radius 1 is 1.24 bits per heavy atom. The average molecular weight is 241 g/mol. The maximum absolute atomic E-state index is 5.99. The van der Waals surface area contributed by atoms with Crippen LogP contribution in [0.25, 0.3) is 20.9 Å². The lowest BCUT2D eigenvalue weighted by molar-refractivity contribution is 1.40. The molecule has 0 atom stereocenters. The molecule has 1 aromatic carbocycles. The lowest BCUT2D eigenvalue weighted by Crippen LogP contribution is -1.89. The van der Waals surface area contributed by atoms with E-state index in [0.29, 0.717) is 0 Å². The SMILES string of the molecule is Cc1ccc(N)c(-c2nc3cccnc3s2)c1. The first-order chi connectivity index (χ1) is 8.24. The van der Waals surface area contributed by atoms with Crippen molar-refractivity contribution < 1.29 is 0 Å². The summed E-state index contributed by atoms with van der Waals surface area (Å²) in [5.41, 5.74) is 9.85. The predicted molar refractivity (Wildman–Crippen MR) is 72.0 cm³/mol. The number of thiazole rings is 1. The number of hydrogen-bond acceptors (Lipinski definition) is 4. The van der Waals surface area contributed by atoms with Gasteiger partial charge in [0, 0.05) is 17.4 Å². The maximum atomic E-state index is 5.99. The van der Waals surface area contributed by atoms with Crippen LogP contribution < -0.4 is 5.73 Å². The number of aryl methyl sites for hydroxylation is 1. The Bertz CT molecular complexity index is 655. The molecule has 0 aliphatic heterocycles. The van der Waals surface area contributed by atoms with E-state index in [4.69, 9.17) is 5.73 Å². The van der Waals surface area contributed by atoms with E-state index in [2.05, 4.69) is 23.0 Å². The van der Waals surface area contributed by atoms with Crippen LogP contribution in [0.4, 0.5) is 5.69 Å². The number of pyridine rings is 1. The molecule has 0 amide bonds. The van der Waals surface area contributed by atoms with Gasteiger partial charge in [0.05, 0.1) is 0 Å². The zero-order valence-corrected chi connectivity index (χ0v) is 10.2. The molecule has 2 aromatic heterocycles. The molecular formula is C13H11N3S. The van der Waals surface area contributed by atoms with Crippen molar-refractivity contribution in [1.29, 1.82) is 0 Å². The van der Waals surface area contributed by atoms with E-state index in [1.54, 1.807) is 17.5 Å². The molecule has 3 rings (SSSR count). The third-order valence-electron chi connectivity index (χ3n) is 2.61. The highest BCUT2D eigenvalue weighted by Gasteiger charge is 2.09. The molecule has 17 heavy (non-hydrogen) atoms. The van der Waals surface area contributed by atoms with Crippen LogP contribution in [0.2, 0.25) is 0 Å². The Hall–Kier alpha value is -1.94.